The van der Waals surface area contributed by atoms with Gasteiger partial charge >= 0.3 is 0 Å². The molecule has 1 amide bonds. The second-order valence-corrected chi connectivity index (χ2v) is 5.73. The van der Waals surface area contributed by atoms with Crippen molar-refractivity contribution in [1.29, 1.82) is 0 Å². The van der Waals surface area contributed by atoms with Gasteiger partial charge in [-0.05, 0) is 37.1 Å². The molecule has 1 heterocycles. The topological polar surface area (TPSA) is 72.9 Å². The summed E-state index contributed by atoms with van der Waals surface area (Å²) in [6, 6.07) is 7.26. The summed E-state index contributed by atoms with van der Waals surface area (Å²) in [6.45, 7) is 4.46. The summed E-state index contributed by atoms with van der Waals surface area (Å²) in [5.41, 5.74) is 6.81. The lowest BCUT2D eigenvalue weighted by molar-refractivity contribution is 0.0895. The van der Waals surface area contributed by atoms with Crippen LogP contribution in [0.4, 0.5) is 0 Å². The highest BCUT2D eigenvalue weighted by Crippen LogP contribution is 2.16. The van der Waals surface area contributed by atoms with E-state index in [1.807, 2.05) is 26.0 Å². The van der Waals surface area contributed by atoms with E-state index in [-0.39, 0.29) is 11.4 Å². The summed E-state index contributed by atoms with van der Waals surface area (Å²) in [4.78, 5) is 12.4. The third-order valence-electron chi connectivity index (χ3n) is 4.06. The van der Waals surface area contributed by atoms with Crippen molar-refractivity contribution >= 4 is 17.5 Å². The first-order valence-electron chi connectivity index (χ1n) is 7.36. The summed E-state index contributed by atoms with van der Waals surface area (Å²) in [5, 5.41) is 7.92. The maximum Gasteiger partial charge on any atom is 0.254 e. The summed E-state index contributed by atoms with van der Waals surface area (Å²) < 4.78 is 1.65. The Labute approximate surface area is 135 Å². The molecule has 0 atom stereocenters. The smallest absolute Gasteiger partial charge is 0.254 e. The van der Waals surface area contributed by atoms with Crippen LogP contribution in [0.1, 0.15) is 37.0 Å². The van der Waals surface area contributed by atoms with Crippen LogP contribution in [-0.4, -0.2) is 27.8 Å². The van der Waals surface area contributed by atoms with Crippen molar-refractivity contribution < 1.29 is 4.79 Å². The quantitative estimate of drug-likeness (QED) is 0.859. The van der Waals surface area contributed by atoms with Gasteiger partial charge in [0, 0.05) is 17.8 Å². The fourth-order valence-electron chi connectivity index (χ4n) is 2.25. The number of hydrogen-bond acceptors (Lipinski definition) is 3. The highest BCUT2D eigenvalue weighted by atomic mass is 35.5. The lowest BCUT2D eigenvalue weighted by Crippen LogP contribution is -2.52. The van der Waals surface area contributed by atoms with E-state index >= 15 is 0 Å². The SMILES string of the molecule is CCC(CC)(CN)NC(=O)c1cnn(-c2ccc(Cl)cc2)c1. The summed E-state index contributed by atoms with van der Waals surface area (Å²) in [6.07, 6.45) is 4.83. The maximum atomic E-state index is 12.4. The summed E-state index contributed by atoms with van der Waals surface area (Å²) in [7, 11) is 0. The molecule has 22 heavy (non-hydrogen) atoms. The molecule has 118 valence electrons. The van der Waals surface area contributed by atoms with Gasteiger partial charge in [-0.1, -0.05) is 25.4 Å². The van der Waals surface area contributed by atoms with E-state index < -0.39 is 0 Å². The second-order valence-electron chi connectivity index (χ2n) is 5.30. The molecule has 1 aromatic heterocycles. The van der Waals surface area contributed by atoms with Crippen molar-refractivity contribution in [2.24, 2.45) is 5.73 Å². The molecule has 0 saturated carbocycles. The molecule has 3 N–H and O–H groups in total. The van der Waals surface area contributed by atoms with Crippen molar-refractivity contribution in [1.82, 2.24) is 15.1 Å². The van der Waals surface area contributed by atoms with E-state index in [4.69, 9.17) is 17.3 Å². The predicted octanol–water partition coefficient (Wildman–Crippen LogP) is 2.77. The average molecular weight is 321 g/mol. The third kappa shape index (κ3) is 3.48. The molecule has 0 bridgehead atoms. The van der Waals surface area contributed by atoms with Gasteiger partial charge in [0.25, 0.3) is 5.91 Å². The standard InChI is InChI=1S/C16H21ClN4O/c1-3-16(4-2,11-18)20-15(22)12-9-19-21(10-12)14-7-5-13(17)6-8-14/h5-10H,3-4,11,18H2,1-2H3,(H,20,22). The Morgan fingerprint density at radius 2 is 1.95 bits per heavy atom. The van der Waals surface area contributed by atoms with Crippen LogP contribution < -0.4 is 11.1 Å². The van der Waals surface area contributed by atoms with E-state index in [0.717, 1.165) is 18.5 Å². The van der Waals surface area contributed by atoms with Gasteiger partial charge in [-0.2, -0.15) is 5.10 Å². The number of rotatable bonds is 6. The minimum atomic E-state index is -0.362. The molecule has 0 aliphatic rings. The number of carbonyl (C=O) groups excluding carboxylic acids is 1. The first kappa shape index (κ1) is 16.5. The molecule has 5 nitrogen and oxygen atoms in total. The molecule has 2 rings (SSSR count). The minimum absolute atomic E-state index is 0.158. The van der Waals surface area contributed by atoms with Crippen molar-refractivity contribution in [3.05, 3.63) is 47.2 Å². The number of benzene rings is 1. The summed E-state index contributed by atoms with van der Waals surface area (Å²) in [5.74, 6) is -0.158. The number of carbonyl (C=O) groups is 1. The normalized spacial score (nSPS) is 11.5. The fraction of sp³-hybridized carbons (Fsp3) is 0.375. The predicted molar refractivity (Wildman–Crippen MR) is 88.4 cm³/mol. The van der Waals surface area contributed by atoms with Crippen LogP contribution in [0.15, 0.2) is 36.7 Å². The van der Waals surface area contributed by atoms with Crippen molar-refractivity contribution in [3.8, 4) is 5.69 Å². The van der Waals surface area contributed by atoms with Gasteiger partial charge in [0.2, 0.25) is 0 Å². The third-order valence-corrected chi connectivity index (χ3v) is 4.31. The Hall–Kier alpha value is -1.85. The zero-order valence-electron chi connectivity index (χ0n) is 12.8. The highest BCUT2D eigenvalue weighted by Gasteiger charge is 2.27. The van der Waals surface area contributed by atoms with Crippen LogP contribution in [0.5, 0.6) is 0 Å². The lowest BCUT2D eigenvalue weighted by atomic mass is 9.92. The number of aromatic nitrogens is 2. The molecule has 0 saturated heterocycles. The molecule has 0 aliphatic carbocycles. The van der Waals surface area contributed by atoms with E-state index in [9.17, 15) is 4.79 Å². The van der Waals surface area contributed by atoms with Gasteiger partial charge in [0.15, 0.2) is 0 Å². The molecule has 0 aliphatic heterocycles. The number of nitrogens with zero attached hydrogens (tertiary/aromatic N) is 2. The van der Waals surface area contributed by atoms with Crippen LogP contribution in [0.25, 0.3) is 5.69 Å². The Balaban J connectivity index is 2.17. The number of nitrogens with one attached hydrogen (secondary N) is 1. The first-order valence-corrected chi connectivity index (χ1v) is 7.74. The molecule has 6 heteroatoms. The van der Waals surface area contributed by atoms with Gasteiger partial charge < -0.3 is 11.1 Å². The van der Waals surface area contributed by atoms with Crippen LogP contribution in [0.2, 0.25) is 5.02 Å². The van der Waals surface area contributed by atoms with Crippen molar-refractivity contribution in [2.45, 2.75) is 32.2 Å². The van der Waals surface area contributed by atoms with Crippen molar-refractivity contribution in [2.75, 3.05) is 6.54 Å². The largest absolute Gasteiger partial charge is 0.345 e. The average Bonchev–Trinajstić information content (AvgIpc) is 3.03. The van der Waals surface area contributed by atoms with Crippen LogP contribution in [-0.2, 0) is 0 Å². The number of halogens is 1. The van der Waals surface area contributed by atoms with Crippen LogP contribution in [0.3, 0.4) is 0 Å². The minimum Gasteiger partial charge on any atom is -0.345 e. The first-order chi connectivity index (χ1) is 10.5. The van der Waals surface area contributed by atoms with E-state index in [2.05, 4.69) is 10.4 Å². The molecule has 0 fully saturated rings. The van der Waals surface area contributed by atoms with Gasteiger partial charge in [0.1, 0.15) is 0 Å². The highest BCUT2D eigenvalue weighted by molar-refractivity contribution is 6.30. The molecule has 0 spiro atoms. The molecule has 0 radical (unpaired) electrons. The lowest BCUT2D eigenvalue weighted by Gasteiger charge is -2.31. The van der Waals surface area contributed by atoms with E-state index in [0.29, 0.717) is 17.1 Å². The Morgan fingerprint density at radius 3 is 2.50 bits per heavy atom. The van der Waals surface area contributed by atoms with Gasteiger partial charge in [-0.3, -0.25) is 4.79 Å². The van der Waals surface area contributed by atoms with Gasteiger partial charge in [-0.25, -0.2) is 4.68 Å². The molecular formula is C16H21ClN4O. The van der Waals surface area contributed by atoms with Crippen LogP contribution >= 0.6 is 11.6 Å². The molecule has 1 aromatic carbocycles. The number of nitrogens with two attached hydrogens (primary N) is 1. The zero-order chi connectivity index (χ0) is 16.2. The zero-order valence-corrected chi connectivity index (χ0v) is 13.6. The van der Waals surface area contributed by atoms with Crippen molar-refractivity contribution in [3.63, 3.8) is 0 Å². The Kier molecular flexibility index (Phi) is 5.21. The fourth-order valence-corrected chi connectivity index (χ4v) is 2.38. The van der Waals surface area contributed by atoms with E-state index in [1.54, 1.807) is 29.2 Å². The van der Waals surface area contributed by atoms with Gasteiger partial charge in [-0.15, -0.1) is 0 Å². The Bertz CT molecular complexity index is 624. The monoisotopic (exact) mass is 320 g/mol. The molecular weight excluding hydrogens is 300 g/mol. The Morgan fingerprint density at radius 1 is 1.32 bits per heavy atom. The number of hydrogen-bond donors (Lipinski definition) is 2. The van der Waals surface area contributed by atoms with E-state index in [1.165, 1.54) is 0 Å². The molecule has 0 unspecified atom stereocenters. The summed E-state index contributed by atoms with van der Waals surface area (Å²) >= 11 is 5.87. The van der Waals surface area contributed by atoms with Crippen LogP contribution in [0, 0.1) is 0 Å². The number of amides is 1. The second kappa shape index (κ2) is 6.94. The van der Waals surface area contributed by atoms with Gasteiger partial charge in [0.05, 0.1) is 23.0 Å². The molecule has 2 aromatic rings. The maximum absolute atomic E-state index is 12.4.